The third kappa shape index (κ3) is 6.04. The molecule has 31 heavy (non-hydrogen) atoms. The van der Waals surface area contributed by atoms with Crippen LogP contribution in [0, 0.1) is 5.82 Å². The molecule has 166 valence electrons. The number of carbonyl (C=O) groups is 2. The molecule has 1 aliphatic rings. The summed E-state index contributed by atoms with van der Waals surface area (Å²) >= 11 is 0. The van der Waals surface area contributed by atoms with Crippen LogP contribution in [0.25, 0.3) is 0 Å². The second-order valence-electron chi connectivity index (χ2n) is 7.97. The number of halogens is 1. The van der Waals surface area contributed by atoms with E-state index in [1.807, 2.05) is 37.2 Å². The molecule has 2 amide bonds. The summed E-state index contributed by atoms with van der Waals surface area (Å²) in [4.78, 5) is 28.9. The van der Waals surface area contributed by atoms with Gasteiger partial charge in [0.05, 0.1) is 6.10 Å². The Morgan fingerprint density at radius 2 is 1.90 bits per heavy atom. The summed E-state index contributed by atoms with van der Waals surface area (Å²) in [6.07, 6.45) is 2.25. The molecule has 2 aromatic rings. The van der Waals surface area contributed by atoms with Crippen LogP contribution in [0.4, 0.5) is 15.8 Å². The number of nitrogens with one attached hydrogen (secondary N) is 1. The lowest BCUT2D eigenvalue weighted by Crippen LogP contribution is -2.37. The van der Waals surface area contributed by atoms with E-state index in [0.29, 0.717) is 37.4 Å². The van der Waals surface area contributed by atoms with Crippen LogP contribution in [0.3, 0.4) is 0 Å². The highest BCUT2D eigenvalue weighted by atomic mass is 19.1. The molecule has 0 aliphatic carbocycles. The van der Waals surface area contributed by atoms with Gasteiger partial charge in [-0.3, -0.25) is 9.59 Å². The Labute approximate surface area is 183 Å². The molecule has 1 atom stereocenters. The molecular formula is C24H30FN3O3. The highest BCUT2D eigenvalue weighted by Gasteiger charge is 2.25. The van der Waals surface area contributed by atoms with Gasteiger partial charge in [-0.1, -0.05) is 6.92 Å². The van der Waals surface area contributed by atoms with Crippen molar-refractivity contribution in [3.63, 3.8) is 0 Å². The first-order valence-corrected chi connectivity index (χ1v) is 10.6. The van der Waals surface area contributed by atoms with Crippen molar-refractivity contribution in [2.24, 2.45) is 0 Å². The van der Waals surface area contributed by atoms with E-state index in [9.17, 15) is 14.0 Å². The molecule has 1 heterocycles. The molecule has 3 rings (SSSR count). The van der Waals surface area contributed by atoms with Gasteiger partial charge in [0.1, 0.15) is 5.82 Å². The molecule has 0 saturated carbocycles. The molecule has 0 bridgehead atoms. The van der Waals surface area contributed by atoms with Crippen molar-refractivity contribution in [3.05, 3.63) is 59.4 Å². The number of ether oxygens (including phenoxy) is 1. The highest BCUT2D eigenvalue weighted by molar-refractivity contribution is 5.94. The fraction of sp³-hybridized carbons (Fsp3) is 0.417. The molecule has 6 nitrogen and oxygen atoms in total. The molecule has 7 heteroatoms. The molecule has 1 fully saturated rings. The zero-order valence-corrected chi connectivity index (χ0v) is 18.4. The van der Waals surface area contributed by atoms with Crippen molar-refractivity contribution in [2.75, 3.05) is 37.5 Å². The first-order chi connectivity index (χ1) is 14.9. The second-order valence-corrected chi connectivity index (χ2v) is 7.97. The first kappa shape index (κ1) is 22.7. The lowest BCUT2D eigenvalue weighted by molar-refractivity contribution is -0.115. The summed E-state index contributed by atoms with van der Waals surface area (Å²) in [5.74, 6) is -0.623. The lowest BCUT2D eigenvalue weighted by atomic mass is 10.1. The number of hydrogen-bond acceptors (Lipinski definition) is 4. The number of anilines is 2. The van der Waals surface area contributed by atoms with Gasteiger partial charge in [0.2, 0.25) is 5.91 Å². The van der Waals surface area contributed by atoms with E-state index in [-0.39, 0.29) is 23.7 Å². The van der Waals surface area contributed by atoms with Gasteiger partial charge in [0, 0.05) is 57.2 Å². The zero-order valence-electron chi connectivity index (χ0n) is 18.4. The molecule has 2 aromatic carbocycles. The van der Waals surface area contributed by atoms with Crippen LogP contribution >= 0.6 is 0 Å². The average molecular weight is 428 g/mol. The van der Waals surface area contributed by atoms with Crippen molar-refractivity contribution in [3.8, 4) is 0 Å². The molecule has 0 unspecified atom stereocenters. The average Bonchev–Trinajstić information content (AvgIpc) is 3.26. The lowest BCUT2D eigenvalue weighted by Gasteiger charge is -2.28. The van der Waals surface area contributed by atoms with Crippen LogP contribution < -0.4 is 10.2 Å². The fourth-order valence-corrected chi connectivity index (χ4v) is 3.71. The molecule has 1 N–H and O–H groups in total. The highest BCUT2D eigenvalue weighted by Crippen LogP contribution is 2.26. The van der Waals surface area contributed by atoms with Crippen molar-refractivity contribution < 1.29 is 18.7 Å². The summed E-state index contributed by atoms with van der Waals surface area (Å²) in [5.41, 5.74) is 2.99. The molecule has 1 saturated heterocycles. The predicted octanol–water partition coefficient (Wildman–Crippen LogP) is 4.06. The van der Waals surface area contributed by atoms with Crippen molar-refractivity contribution in [1.29, 1.82) is 0 Å². The Kier molecular flexibility index (Phi) is 7.63. The third-order valence-corrected chi connectivity index (χ3v) is 5.35. The maximum atomic E-state index is 13.4. The monoisotopic (exact) mass is 427 g/mol. The maximum absolute atomic E-state index is 13.4. The Balaban J connectivity index is 1.91. The summed E-state index contributed by atoms with van der Waals surface area (Å²) in [6.45, 7) is 3.30. The van der Waals surface area contributed by atoms with Gasteiger partial charge in [-0.25, -0.2) is 4.39 Å². The summed E-state index contributed by atoms with van der Waals surface area (Å²) in [7, 11) is 3.88. The molecule has 0 aromatic heterocycles. The third-order valence-electron chi connectivity index (χ3n) is 5.35. The Morgan fingerprint density at radius 3 is 2.52 bits per heavy atom. The molecular weight excluding hydrogens is 397 g/mol. The smallest absolute Gasteiger partial charge is 0.254 e. The maximum Gasteiger partial charge on any atom is 0.254 e. The van der Waals surface area contributed by atoms with Crippen molar-refractivity contribution in [2.45, 2.75) is 38.8 Å². The van der Waals surface area contributed by atoms with Gasteiger partial charge < -0.3 is 19.9 Å². The molecule has 0 radical (unpaired) electrons. The van der Waals surface area contributed by atoms with Crippen LogP contribution in [0.5, 0.6) is 0 Å². The fourth-order valence-electron chi connectivity index (χ4n) is 3.71. The standard InChI is InChI=1S/C24H30FN3O3/c1-4-23(29)26-20-11-12-22(27(2)3)18(14-20)15-28(16-21-6-5-13-31-21)24(30)17-7-9-19(25)10-8-17/h7-12,14,21H,4-6,13,15-16H2,1-3H3,(H,26,29)/t21-/m0/s1. The number of rotatable bonds is 8. The number of nitrogens with zero attached hydrogens (tertiary/aromatic N) is 2. The van der Waals surface area contributed by atoms with Crippen LogP contribution in [0.1, 0.15) is 42.1 Å². The topological polar surface area (TPSA) is 61.9 Å². The Morgan fingerprint density at radius 1 is 1.16 bits per heavy atom. The number of carbonyl (C=O) groups excluding carboxylic acids is 2. The van der Waals surface area contributed by atoms with Crippen LogP contribution in [0.2, 0.25) is 0 Å². The van der Waals surface area contributed by atoms with Crippen LogP contribution in [0.15, 0.2) is 42.5 Å². The van der Waals surface area contributed by atoms with Gasteiger partial charge in [-0.15, -0.1) is 0 Å². The first-order valence-electron chi connectivity index (χ1n) is 10.6. The number of amides is 2. The van der Waals surface area contributed by atoms with Crippen molar-refractivity contribution in [1.82, 2.24) is 4.90 Å². The quantitative estimate of drug-likeness (QED) is 0.690. The summed E-state index contributed by atoms with van der Waals surface area (Å²) in [5, 5.41) is 2.88. The van der Waals surface area contributed by atoms with E-state index in [1.165, 1.54) is 24.3 Å². The minimum absolute atomic E-state index is 0.0184. The van der Waals surface area contributed by atoms with E-state index in [1.54, 1.807) is 11.8 Å². The van der Waals surface area contributed by atoms with Crippen LogP contribution in [-0.2, 0) is 16.1 Å². The number of hydrogen-bond donors (Lipinski definition) is 1. The minimum atomic E-state index is -0.378. The van der Waals surface area contributed by atoms with E-state index in [4.69, 9.17) is 4.74 Å². The summed E-state index contributed by atoms with van der Waals surface area (Å²) < 4.78 is 19.1. The Bertz CT molecular complexity index is 909. The second kappa shape index (κ2) is 10.4. The molecule has 0 spiro atoms. The predicted molar refractivity (Wildman–Crippen MR) is 120 cm³/mol. The van der Waals surface area contributed by atoms with E-state index >= 15 is 0 Å². The molecule has 1 aliphatic heterocycles. The normalized spacial score (nSPS) is 15.5. The SMILES string of the molecule is CCC(=O)Nc1ccc(N(C)C)c(CN(C[C@@H]2CCCO2)C(=O)c2ccc(F)cc2)c1. The minimum Gasteiger partial charge on any atom is -0.377 e. The zero-order chi connectivity index (χ0) is 22.4. The van der Waals surface area contributed by atoms with Gasteiger partial charge in [0.25, 0.3) is 5.91 Å². The van der Waals surface area contributed by atoms with E-state index in [0.717, 1.165) is 24.1 Å². The van der Waals surface area contributed by atoms with Gasteiger partial charge >= 0.3 is 0 Å². The van der Waals surface area contributed by atoms with Gasteiger partial charge in [-0.05, 0) is 60.9 Å². The van der Waals surface area contributed by atoms with Crippen LogP contribution in [-0.4, -0.2) is 50.1 Å². The van der Waals surface area contributed by atoms with E-state index < -0.39 is 0 Å². The van der Waals surface area contributed by atoms with Crippen molar-refractivity contribution >= 4 is 23.2 Å². The van der Waals surface area contributed by atoms with E-state index in [2.05, 4.69) is 5.32 Å². The number of benzene rings is 2. The van der Waals surface area contributed by atoms with Gasteiger partial charge in [0.15, 0.2) is 0 Å². The van der Waals surface area contributed by atoms with Gasteiger partial charge in [-0.2, -0.15) is 0 Å². The summed E-state index contributed by atoms with van der Waals surface area (Å²) in [6, 6.07) is 11.3. The largest absolute Gasteiger partial charge is 0.377 e. The Hall–Kier alpha value is -2.93.